The molecule has 0 N–H and O–H groups in total. The Morgan fingerprint density at radius 3 is 1.81 bits per heavy atom. The number of hydrogen-bond acceptors (Lipinski definition) is 1. The summed E-state index contributed by atoms with van der Waals surface area (Å²) in [6.07, 6.45) is 6.63. The topological polar surface area (TPSA) is 3.24 Å². The van der Waals surface area contributed by atoms with Gasteiger partial charge in [-0.15, -0.1) is 0 Å². The fraction of sp³-hybridized carbons (Fsp3) is 0.0968. The molecule has 4 aromatic carbocycles. The van der Waals surface area contributed by atoms with Crippen molar-refractivity contribution in [1.29, 1.82) is 0 Å². The van der Waals surface area contributed by atoms with Crippen molar-refractivity contribution in [3.05, 3.63) is 138 Å². The van der Waals surface area contributed by atoms with Crippen molar-refractivity contribution in [2.24, 2.45) is 0 Å². The van der Waals surface area contributed by atoms with E-state index in [1.807, 2.05) is 0 Å². The second-order valence-electron chi connectivity index (χ2n) is 8.30. The van der Waals surface area contributed by atoms with Gasteiger partial charge in [-0.3, -0.25) is 0 Å². The van der Waals surface area contributed by atoms with E-state index in [2.05, 4.69) is 133 Å². The van der Waals surface area contributed by atoms with E-state index in [9.17, 15) is 0 Å². The highest BCUT2D eigenvalue weighted by molar-refractivity contribution is 5.75. The largest absolute Gasteiger partial charge is 0.314 e. The molecule has 0 aromatic heterocycles. The van der Waals surface area contributed by atoms with Gasteiger partial charge >= 0.3 is 0 Å². The molecule has 4 aromatic rings. The van der Waals surface area contributed by atoms with Crippen LogP contribution < -0.4 is 4.90 Å². The number of benzene rings is 4. The number of allylic oxidation sites excluding steroid dienone is 4. The molecule has 0 atom stereocenters. The Hall–Kier alpha value is -3.84. The second kappa shape index (κ2) is 9.11. The van der Waals surface area contributed by atoms with Crippen molar-refractivity contribution in [3.8, 4) is 11.1 Å². The van der Waals surface area contributed by atoms with Gasteiger partial charge in [0, 0.05) is 17.1 Å². The van der Waals surface area contributed by atoms with Gasteiger partial charge in [-0.2, -0.15) is 0 Å². The maximum Gasteiger partial charge on any atom is 0.0461 e. The molecule has 0 heterocycles. The van der Waals surface area contributed by atoms with Crippen molar-refractivity contribution in [1.82, 2.24) is 0 Å². The molecule has 0 aliphatic heterocycles. The molecule has 156 valence electrons. The number of rotatable bonds is 5. The Kier molecular flexibility index (Phi) is 5.72. The van der Waals surface area contributed by atoms with Crippen LogP contribution in [0.4, 0.5) is 11.4 Å². The summed E-state index contributed by atoms with van der Waals surface area (Å²) >= 11 is 0. The first-order valence-electron chi connectivity index (χ1n) is 11.3. The van der Waals surface area contributed by atoms with E-state index >= 15 is 0 Å². The van der Waals surface area contributed by atoms with Crippen LogP contribution in [0.25, 0.3) is 16.7 Å². The molecule has 0 amide bonds. The Bertz CT molecular complexity index is 1250. The molecule has 1 aliphatic rings. The van der Waals surface area contributed by atoms with Crippen LogP contribution in [-0.4, -0.2) is 0 Å². The molecule has 0 spiro atoms. The number of hydrogen-bond donors (Lipinski definition) is 0. The van der Waals surface area contributed by atoms with Crippen LogP contribution in [0.5, 0.6) is 0 Å². The molecule has 0 unspecified atom stereocenters. The SMILES string of the molecule is Cc1cccc(N(C2=CC=C(c3ccccc3)CC2)c2ccc(-c3ccccc3)cc2)c1. The predicted molar refractivity (Wildman–Crippen MR) is 137 cm³/mol. The Balaban J connectivity index is 1.52. The van der Waals surface area contributed by atoms with Gasteiger partial charge in [-0.1, -0.05) is 91.0 Å². The first kappa shape index (κ1) is 20.1. The van der Waals surface area contributed by atoms with Gasteiger partial charge in [-0.05, 0) is 77.9 Å². The van der Waals surface area contributed by atoms with Crippen LogP contribution >= 0.6 is 0 Å². The van der Waals surface area contributed by atoms with E-state index in [4.69, 9.17) is 0 Å². The minimum absolute atomic E-state index is 1.01. The van der Waals surface area contributed by atoms with Crippen molar-refractivity contribution in [2.75, 3.05) is 4.90 Å². The Morgan fingerprint density at radius 2 is 1.19 bits per heavy atom. The fourth-order valence-electron chi connectivity index (χ4n) is 4.39. The van der Waals surface area contributed by atoms with Crippen LogP contribution in [0, 0.1) is 6.92 Å². The maximum atomic E-state index is 2.40. The third kappa shape index (κ3) is 4.29. The van der Waals surface area contributed by atoms with E-state index < -0.39 is 0 Å². The Labute approximate surface area is 191 Å². The summed E-state index contributed by atoms with van der Waals surface area (Å²) in [4.78, 5) is 2.40. The summed E-state index contributed by atoms with van der Waals surface area (Å²) in [6, 6.07) is 39.0. The number of anilines is 2. The second-order valence-corrected chi connectivity index (χ2v) is 8.30. The summed E-state index contributed by atoms with van der Waals surface area (Å²) in [5.74, 6) is 0. The van der Waals surface area contributed by atoms with Gasteiger partial charge in [0.15, 0.2) is 0 Å². The highest BCUT2D eigenvalue weighted by atomic mass is 15.1. The number of aryl methyl sites for hydroxylation is 1. The summed E-state index contributed by atoms with van der Waals surface area (Å²) in [6.45, 7) is 2.16. The molecule has 32 heavy (non-hydrogen) atoms. The van der Waals surface area contributed by atoms with E-state index in [0.29, 0.717) is 0 Å². The average Bonchev–Trinajstić information content (AvgIpc) is 2.86. The van der Waals surface area contributed by atoms with Gasteiger partial charge in [0.2, 0.25) is 0 Å². The lowest BCUT2D eigenvalue weighted by molar-refractivity contribution is 0.929. The third-order valence-corrected chi connectivity index (χ3v) is 6.05. The summed E-state index contributed by atoms with van der Waals surface area (Å²) in [7, 11) is 0. The van der Waals surface area contributed by atoms with Gasteiger partial charge < -0.3 is 4.90 Å². The Morgan fingerprint density at radius 1 is 0.531 bits per heavy atom. The molecule has 0 fully saturated rings. The minimum atomic E-state index is 1.01. The zero-order valence-corrected chi connectivity index (χ0v) is 18.4. The molecule has 0 radical (unpaired) electrons. The summed E-state index contributed by atoms with van der Waals surface area (Å²) in [5.41, 5.74) is 10.2. The van der Waals surface area contributed by atoms with Crippen LogP contribution in [0.3, 0.4) is 0 Å². The van der Waals surface area contributed by atoms with Gasteiger partial charge in [0.05, 0.1) is 0 Å². The van der Waals surface area contributed by atoms with Crippen molar-refractivity contribution in [3.63, 3.8) is 0 Å². The molecule has 0 saturated heterocycles. The molecule has 1 nitrogen and oxygen atoms in total. The highest BCUT2D eigenvalue weighted by Crippen LogP contribution is 2.37. The zero-order valence-electron chi connectivity index (χ0n) is 18.4. The first-order valence-corrected chi connectivity index (χ1v) is 11.3. The lowest BCUT2D eigenvalue weighted by Gasteiger charge is -2.30. The van der Waals surface area contributed by atoms with Crippen molar-refractivity contribution >= 4 is 16.9 Å². The van der Waals surface area contributed by atoms with Crippen LogP contribution in [0.2, 0.25) is 0 Å². The standard InChI is InChI=1S/C31H27N/c1-24-9-8-14-31(23-24)32(29-19-15-27(16-20-29)25-10-4-2-5-11-25)30-21-17-28(18-22-30)26-12-6-3-7-13-26/h2-17,19-21,23H,18,22H2,1H3. The molecule has 0 bridgehead atoms. The maximum absolute atomic E-state index is 2.40. The summed E-state index contributed by atoms with van der Waals surface area (Å²) in [5, 5.41) is 0. The van der Waals surface area contributed by atoms with Gasteiger partial charge in [0.1, 0.15) is 0 Å². The average molecular weight is 414 g/mol. The van der Waals surface area contributed by atoms with E-state index in [1.165, 1.54) is 44.9 Å². The quantitative estimate of drug-likeness (QED) is 0.317. The van der Waals surface area contributed by atoms with Crippen LogP contribution in [0.15, 0.2) is 127 Å². The number of nitrogens with zero attached hydrogens (tertiary/aromatic N) is 1. The zero-order chi connectivity index (χ0) is 21.8. The van der Waals surface area contributed by atoms with E-state index in [0.717, 1.165) is 12.8 Å². The molecular formula is C31H27N. The highest BCUT2D eigenvalue weighted by Gasteiger charge is 2.18. The molecule has 1 heteroatoms. The van der Waals surface area contributed by atoms with E-state index in [-0.39, 0.29) is 0 Å². The van der Waals surface area contributed by atoms with Gasteiger partial charge in [-0.25, -0.2) is 0 Å². The third-order valence-electron chi connectivity index (χ3n) is 6.05. The molecule has 1 aliphatic carbocycles. The normalized spacial score (nSPS) is 13.3. The minimum Gasteiger partial charge on any atom is -0.314 e. The van der Waals surface area contributed by atoms with Crippen molar-refractivity contribution in [2.45, 2.75) is 19.8 Å². The smallest absolute Gasteiger partial charge is 0.0461 e. The first-order chi connectivity index (χ1) is 15.8. The van der Waals surface area contributed by atoms with Crippen LogP contribution in [-0.2, 0) is 0 Å². The fourth-order valence-corrected chi connectivity index (χ4v) is 4.39. The van der Waals surface area contributed by atoms with Crippen LogP contribution in [0.1, 0.15) is 24.0 Å². The monoisotopic (exact) mass is 413 g/mol. The molecule has 5 rings (SSSR count). The molecule has 0 saturated carbocycles. The van der Waals surface area contributed by atoms with Crippen molar-refractivity contribution < 1.29 is 0 Å². The lowest BCUT2D eigenvalue weighted by Crippen LogP contribution is -2.18. The van der Waals surface area contributed by atoms with Gasteiger partial charge in [0.25, 0.3) is 0 Å². The summed E-state index contributed by atoms with van der Waals surface area (Å²) < 4.78 is 0. The predicted octanol–water partition coefficient (Wildman–Crippen LogP) is 8.56. The molecular weight excluding hydrogens is 386 g/mol. The van der Waals surface area contributed by atoms with E-state index in [1.54, 1.807) is 0 Å². The lowest BCUT2D eigenvalue weighted by atomic mass is 9.95.